The van der Waals surface area contributed by atoms with Gasteiger partial charge in [-0.05, 0) is 30.9 Å². The molecule has 2 aromatic rings. The normalized spacial score (nSPS) is 13.3. The number of rotatable bonds is 6. The lowest BCUT2D eigenvalue weighted by Crippen LogP contribution is -2.18. The fourth-order valence-corrected chi connectivity index (χ4v) is 3.08. The minimum Gasteiger partial charge on any atom is -0.459 e. The number of nitrogens with one attached hydrogen (secondary N) is 1. The summed E-state index contributed by atoms with van der Waals surface area (Å²) < 4.78 is 5.90. The van der Waals surface area contributed by atoms with Crippen molar-refractivity contribution in [3.8, 4) is 0 Å². The lowest BCUT2D eigenvalue weighted by Gasteiger charge is -2.13. The van der Waals surface area contributed by atoms with Crippen LogP contribution >= 0.6 is 11.8 Å². The highest BCUT2D eigenvalue weighted by molar-refractivity contribution is 7.99. The Kier molecular flexibility index (Phi) is 4.72. The summed E-state index contributed by atoms with van der Waals surface area (Å²) in [5.74, 6) is 4.02. The van der Waals surface area contributed by atoms with Gasteiger partial charge < -0.3 is 9.73 Å². The zero-order valence-corrected chi connectivity index (χ0v) is 12.1. The Morgan fingerprint density at radius 3 is 2.67 bits per heavy atom. The van der Waals surface area contributed by atoms with Crippen molar-refractivity contribution in [3.63, 3.8) is 0 Å². The molecule has 0 fully saturated rings. The first-order valence-electron chi connectivity index (χ1n) is 6.44. The quantitative estimate of drug-likeness (QED) is 0.850. The van der Waals surface area contributed by atoms with E-state index in [0.717, 1.165) is 23.0 Å². The maximum Gasteiger partial charge on any atom is 0.134 e. The molecule has 1 atom stereocenters. The number of hydrogen-bond acceptors (Lipinski definition) is 3. The van der Waals surface area contributed by atoms with Crippen LogP contribution in [-0.2, 0) is 0 Å². The van der Waals surface area contributed by atoms with Crippen LogP contribution in [0.5, 0.6) is 0 Å². The molecular weight excluding hydrogens is 242 g/mol. The van der Waals surface area contributed by atoms with Crippen LogP contribution in [0, 0.1) is 5.92 Å². The molecule has 2 nitrogen and oxygen atoms in total. The van der Waals surface area contributed by atoms with Crippen molar-refractivity contribution in [2.75, 3.05) is 18.6 Å². The van der Waals surface area contributed by atoms with Crippen molar-refractivity contribution in [1.82, 2.24) is 5.32 Å². The highest BCUT2D eigenvalue weighted by atomic mass is 32.2. The summed E-state index contributed by atoms with van der Waals surface area (Å²) in [6.07, 6.45) is 0. The number of hydrogen-bond donors (Lipinski definition) is 1. The van der Waals surface area contributed by atoms with E-state index < -0.39 is 0 Å². The van der Waals surface area contributed by atoms with Crippen LogP contribution < -0.4 is 5.32 Å². The Hall–Kier alpha value is -0.930. The molecule has 1 N–H and O–H groups in total. The molecule has 98 valence electrons. The van der Waals surface area contributed by atoms with Crippen molar-refractivity contribution in [2.45, 2.75) is 19.9 Å². The topological polar surface area (TPSA) is 25.2 Å². The Balaban J connectivity index is 2.07. The third-order valence-electron chi connectivity index (χ3n) is 2.87. The highest BCUT2D eigenvalue weighted by Crippen LogP contribution is 2.26. The smallest absolute Gasteiger partial charge is 0.134 e. The number of benzene rings is 1. The molecule has 18 heavy (non-hydrogen) atoms. The first-order valence-corrected chi connectivity index (χ1v) is 7.59. The van der Waals surface area contributed by atoms with Crippen LogP contribution in [0.4, 0.5) is 0 Å². The fourth-order valence-electron chi connectivity index (χ4n) is 1.90. The SMILES string of the molecule is CNC(CSCC(C)C)c1cc2ccccc2o1. The van der Waals surface area contributed by atoms with Crippen molar-refractivity contribution in [1.29, 1.82) is 0 Å². The van der Waals surface area contributed by atoms with Gasteiger partial charge in [0, 0.05) is 11.1 Å². The summed E-state index contributed by atoms with van der Waals surface area (Å²) in [6, 6.07) is 10.6. The van der Waals surface area contributed by atoms with Crippen molar-refractivity contribution in [3.05, 3.63) is 36.1 Å². The summed E-state index contributed by atoms with van der Waals surface area (Å²) in [6.45, 7) is 4.51. The Bertz CT molecular complexity index is 459. The molecule has 0 saturated heterocycles. The van der Waals surface area contributed by atoms with E-state index in [2.05, 4.69) is 31.3 Å². The van der Waals surface area contributed by atoms with Gasteiger partial charge in [0.15, 0.2) is 0 Å². The first-order chi connectivity index (χ1) is 8.70. The van der Waals surface area contributed by atoms with E-state index in [0.29, 0.717) is 6.04 Å². The molecule has 1 unspecified atom stereocenters. The molecule has 2 rings (SSSR count). The molecule has 1 aromatic carbocycles. The minimum atomic E-state index is 0.293. The summed E-state index contributed by atoms with van der Waals surface area (Å²) in [7, 11) is 1.99. The van der Waals surface area contributed by atoms with Crippen LogP contribution in [0.1, 0.15) is 25.6 Å². The molecule has 0 aliphatic heterocycles. The lowest BCUT2D eigenvalue weighted by atomic mass is 10.2. The molecular formula is C15H21NOS. The maximum absolute atomic E-state index is 5.90. The van der Waals surface area contributed by atoms with Crippen LogP contribution in [0.25, 0.3) is 11.0 Å². The van der Waals surface area contributed by atoms with Gasteiger partial charge in [-0.2, -0.15) is 11.8 Å². The van der Waals surface area contributed by atoms with E-state index in [4.69, 9.17) is 4.42 Å². The van der Waals surface area contributed by atoms with Gasteiger partial charge in [-0.25, -0.2) is 0 Å². The molecule has 1 aromatic heterocycles. The summed E-state index contributed by atoms with van der Waals surface area (Å²) in [5, 5.41) is 4.52. The zero-order valence-electron chi connectivity index (χ0n) is 11.3. The van der Waals surface area contributed by atoms with Crippen LogP contribution in [0.2, 0.25) is 0 Å². The monoisotopic (exact) mass is 263 g/mol. The number of para-hydroxylation sites is 1. The third-order valence-corrected chi connectivity index (χ3v) is 4.34. The lowest BCUT2D eigenvalue weighted by molar-refractivity contribution is 0.479. The van der Waals surface area contributed by atoms with Gasteiger partial charge in [0.25, 0.3) is 0 Å². The Morgan fingerprint density at radius 2 is 2.00 bits per heavy atom. The van der Waals surface area contributed by atoms with Gasteiger partial charge in [0.1, 0.15) is 11.3 Å². The largest absolute Gasteiger partial charge is 0.459 e. The van der Waals surface area contributed by atoms with Crippen LogP contribution in [-0.4, -0.2) is 18.6 Å². The summed E-state index contributed by atoms with van der Waals surface area (Å²) >= 11 is 1.98. The minimum absolute atomic E-state index is 0.293. The van der Waals surface area contributed by atoms with Gasteiger partial charge in [0.2, 0.25) is 0 Å². The van der Waals surface area contributed by atoms with Gasteiger partial charge >= 0.3 is 0 Å². The average Bonchev–Trinajstić information content (AvgIpc) is 2.77. The van der Waals surface area contributed by atoms with Crippen LogP contribution in [0.3, 0.4) is 0 Å². The van der Waals surface area contributed by atoms with E-state index in [-0.39, 0.29) is 0 Å². The number of fused-ring (bicyclic) bond motifs is 1. The van der Waals surface area contributed by atoms with Gasteiger partial charge in [0.05, 0.1) is 6.04 Å². The molecule has 1 heterocycles. The highest BCUT2D eigenvalue weighted by Gasteiger charge is 2.14. The van der Waals surface area contributed by atoms with E-state index in [9.17, 15) is 0 Å². The van der Waals surface area contributed by atoms with Crippen molar-refractivity contribution in [2.24, 2.45) is 5.92 Å². The molecule has 0 bridgehead atoms. The van der Waals surface area contributed by atoms with Gasteiger partial charge in [-0.1, -0.05) is 32.0 Å². The first kappa shape index (κ1) is 13.5. The number of furan rings is 1. The molecule has 0 saturated carbocycles. The standard InChI is InChI=1S/C15H21NOS/c1-11(2)9-18-10-13(16-3)15-8-12-6-4-5-7-14(12)17-15/h4-8,11,13,16H,9-10H2,1-3H3. The molecule has 0 amide bonds. The zero-order chi connectivity index (χ0) is 13.0. The van der Waals surface area contributed by atoms with E-state index in [1.54, 1.807) is 0 Å². The molecule has 0 aliphatic rings. The van der Waals surface area contributed by atoms with Crippen LogP contribution in [0.15, 0.2) is 34.7 Å². The number of thioether (sulfide) groups is 1. The maximum atomic E-state index is 5.90. The third kappa shape index (κ3) is 3.30. The predicted molar refractivity (Wildman–Crippen MR) is 80.2 cm³/mol. The molecule has 0 spiro atoms. The predicted octanol–water partition coefficient (Wildman–Crippen LogP) is 4.08. The summed E-state index contributed by atoms with van der Waals surface area (Å²) in [4.78, 5) is 0. The second-order valence-electron chi connectivity index (χ2n) is 4.96. The van der Waals surface area contributed by atoms with E-state index in [1.807, 2.05) is 37.0 Å². The second kappa shape index (κ2) is 6.30. The molecule has 3 heteroatoms. The van der Waals surface area contributed by atoms with Crippen molar-refractivity contribution >= 4 is 22.7 Å². The average molecular weight is 263 g/mol. The van der Waals surface area contributed by atoms with E-state index in [1.165, 1.54) is 11.1 Å². The molecule has 0 aliphatic carbocycles. The van der Waals surface area contributed by atoms with Gasteiger partial charge in [-0.15, -0.1) is 0 Å². The molecule has 0 radical (unpaired) electrons. The fraction of sp³-hybridized carbons (Fsp3) is 0.467. The van der Waals surface area contributed by atoms with Gasteiger partial charge in [-0.3, -0.25) is 0 Å². The Morgan fingerprint density at radius 1 is 1.22 bits per heavy atom. The summed E-state index contributed by atoms with van der Waals surface area (Å²) in [5.41, 5.74) is 0.974. The Labute approximate surface area is 113 Å². The second-order valence-corrected chi connectivity index (χ2v) is 6.03. The van der Waals surface area contributed by atoms with E-state index >= 15 is 0 Å². The van der Waals surface area contributed by atoms with Crippen molar-refractivity contribution < 1.29 is 4.42 Å².